The number of carboxylic acids is 1. The van der Waals surface area contributed by atoms with Gasteiger partial charge in [-0.1, -0.05) is 38.1 Å². The molecule has 3 rings (SSSR count). The third kappa shape index (κ3) is 2.88. The molecule has 0 aromatic heterocycles. The van der Waals surface area contributed by atoms with Gasteiger partial charge in [0.05, 0.1) is 18.1 Å². The van der Waals surface area contributed by atoms with Gasteiger partial charge < -0.3 is 15.2 Å². The summed E-state index contributed by atoms with van der Waals surface area (Å²) in [6, 6.07) is 7.71. The van der Waals surface area contributed by atoms with E-state index in [1.165, 1.54) is 5.56 Å². The van der Waals surface area contributed by atoms with Crippen molar-refractivity contribution in [3.05, 3.63) is 42.0 Å². The molecule has 0 unspecified atom stereocenters. The quantitative estimate of drug-likeness (QED) is 0.819. The highest BCUT2D eigenvalue weighted by Gasteiger charge is 2.53. The second kappa shape index (κ2) is 6.16. The molecule has 5 heteroatoms. The van der Waals surface area contributed by atoms with Crippen LogP contribution in [0.4, 0.5) is 5.69 Å². The van der Waals surface area contributed by atoms with Gasteiger partial charge in [0.25, 0.3) is 0 Å². The third-order valence-corrected chi connectivity index (χ3v) is 4.85. The second-order valence-electron chi connectivity index (χ2n) is 6.26. The monoisotopic (exact) mass is 315 g/mol. The molecular weight excluding hydrogens is 294 g/mol. The molecule has 1 aromatic rings. The zero-order valence-electron chi connectivity index (χ0n) is 13.2. The number of fused-ring (bicyclic) bond motifs is 2. The highest BCUT2D eigenvalue weighted by atomic mass is 16.5. The topological polar surface area (TPSA) is 75.6 Å². The van der Waals surface area contributed by atoms with Gasteiger partial charge in [-0.15, -0.1) is 0 Å². The van der Waals surface area contributed by atoms with Crippen LogP contribution >= 0.6 is 0 Å². The maximum atomic E-state index is 12.5. The first-order valence-electron chi connectivity index (χ1n) is 7.98. The molecule has 1 saturated heterocycles. The summed E-state index contributed by atoms with van der Waals surface area (Å²) in [5, 5.41) is 12.2. The normalized spacial score (nSPS) is 29.5. The molecule has 0 aliphatic carbocycles. The first kappa shape index (κ1) is 15.7. The van der Waals surface area contributed by atoms with E-state index in [1.54, 1.807) is 12.2 Å². The van der Waals surface area contributed by atoms with Crippen molar-refractivity contribution < 1.29 is 19.4 Å². The third-order valence-electron chi connectivity index (χ3n) is 4.85. The molecule has 5 atom stereocenters. The number of benzene rings is 1. The Morgan fingerprint density at radius 2 is 1.78 bits per heavy atom. The van der Waals surface area contributed by atoms with Crippen LogP contribution in [0.25, 0.3) is 0 Å². The van der Waals surface area contributed by atoms with Crippen molar-refractivity contribution >= 4 is 17.6 Å². The van der Waals surface area contributed by atoms with E-state index in [1.807, 2.05) is 24.3 Å². The molecule has 2 heterocycles. The van der Waals surface area contributed by atoms with E-state index in [2.05, 4.69) is 19.2 Å². The molecule has 0 spiro atoms. The van der Waals surface area contributed by atoms with Gasteiger partial charge in [-0.3, -0.25) is 9.59 Å². The van der Waals surface area contributed by atoms with Crippen molar-refractivity contribution in [3.63, 3.8) is 0 Å². The SMILES string of the molecule is CC[C@@H](C)c1ccc(NC(=O)[C@H]2[C@@H](C(=O)O)[C@@H]3C=C[C@@H]2O3)cc1. The number of carbonyl (C=O) groups is 2. The van der Waals surface area contributed by atoms with Crippen molar-refractivity contribution in [1.82, 2.24) is 0 Å². The largest absolute Gasteiger partial charge is 0.481 e. The maximum absolute atomic E-state index is 12.5. The van der Waals surface area contributed by atoms with Crippen molar-refractivity contribution in [1.29, 1.82) is 0 Å². The lowest BCUT2D eigenvalue weighted by Gasteiger charge is -2.21. The lowest BCUT2D eigenvalue weighted by atomic mass is 9.82. The minimum Gasteiger partial charge on any atom is -0.481 e. The number of hydrogen-bond donors (Lipinski definition) is 2. The number of aliphatic carboxylic acids is 1. The smallest absolute Gasteiger partial charge is 0.310 e. The van der Waals surface area contributed by atoms with E-state index in [-0.39, 0.29) is 5.91 Å². The van der Waals surface area contributed by atoms with Crippen LogP contribution < -0.4 is 5.32 Å². The number of nitrogens with one attached hydrogen (secondary N) is 1. The second-order valence-corrected chi connectivity index (χ2v) is 6.26. The Hall–Kier alpha value is -2.14. The molecule has 1 amide bonds. The van der Waals surface area contributed by atoms with Crippen LogP contribution in [0.15, 0.2) is 36.4 Å². The lowest BCUT2D eigenvalue weighted by Crippen LogP contribution is -2.39. The number of carbonyl (C=O) groups excluding carboxylic acids is 1. The summed E-state index contributed by atoms with van der Waals surface area (Å²) in [4.78, 5) is 23.9. The van der Waals surface area contributed by atoms with Crippen molar-refractivity contribution in [2.24, 2.45) is 11.8 Å². The van der Waals surface area contributed by atoms with Gasteiger partial charge in [0.2, 0.25) is 5.91 Å². The molecule has 0 saturated carbocycles. The molecule has 2 N–H and O–H groups in total. The van der Waals surface area contributed by atoms with E-state index in [0.29, 0.717) is 11.6 Å². The molecule has 1 fully saturated rings. The molecule has 5 nitrogen and oxygen atoms in total. The van der Waals surface area contributed by atoms with Crippen LogP contribution in [0, 0.1) is 11.8 Å². The standard InChI is InChI=1S/C18H21NO4/c1-3-10(2)11-4-6-12(7-5-11)19-17(20)15-13-8-9-14(23-13)16(15)18(21)22/h4-10,13-16H,3H2,1-2H3,(H,19,20)(H,21,22)/t10-,13+,14+,15-,16+/m1/s1. The summed E-state index contributed by atoms with van der Waals surface area (Å²) in [5.74, 6) is -2.32. The molecule has 1 aromatic carbocycles. The van der Waals surface area contributed by atoms with Gasteiger partial charge in [0.15, 0.2) is 0 Å². The van der Waals surface area contributed by atoms with Crippen LogP contribution in [-0.4, -0.2) is 29.2 Å². The van der Waals surface area contributed by atoms with Gasteiger partial charge in [-0.2, -0.15) is 0 Å². The average Bonchev–Trinajstić information content (AvgIpc) is 3.15. The Kier molecular flexibility index (Phi) is 4.22. The zero-order chi connectivity index (χ0) is 16.6. The van der Waals surface area contributed by atoms with E-state index in [4.69, 9.17) is 4.74 Å². The van der Waals surface area contributed by atoms with Gasteiger partial charge in [-0.05, 0) is 30.0 Å². The first-order chi connectivity index (χ1) is 11.0. The van der Waals surface area contributed by atoms with Crippen LogP contribution in [0.2, 0.25) is 0 Å². The van der Waals surface area contributed by atoms with Gasteiger partial charge in [0, 0.05) is 5.69 Å². The van der Waals surface area contributed by atoms with Gasteiger partial charge in [-0.25, -0.2) is 0 Å². The molecule has 2 bridgehead atoms. The number of amides is 1. The predicted octanol–water partition coefficient (Wildman–Crippen LogP) is 2.79. The van der Waals surface area contributed by atoms with E-state index in [9.17, 15) is 14.7 Å². The van der Waals surface area contributed by atoms with Crippen LogP contribution in [0.5, 0.6) is 0 Å². The van der Waals surface area contributed by atoms with Crippen LogP contribution in [0.3, 0.4) is 0 Å². The number of ether oxygens (including phenoxy) is 1. The summed E-state index contributed by atoms with van der Waals surface area (Å²) < 4.78 is 5.53. The number of rotatable bonds is 5. The molecule has 122 valence electrons. The molecule has 2 aliphatic heterocycles. The summed E-state index contributed by atoms with van der Waals surface area (Å²) in [7, 11) is 0. The number of hydrogen-bond acceptors (Lipinski definition) is 3. The highest BCUT2D eigenvalue weighted by Crippen LogP contribution is 2.39. The number of anilines is 1. The highest BCUT2D eigenvalue weighted by molar-refractivity contribution is 5.96. The first-order valence-corrected chi connectivity index (χ1v) is 7.98. The molecular formula is C18H21NO4. The zero-order valence-corrected chi connectivity index (χ0v) is 13.2. The minimum atomic E-state index is -0.992. The van der Waals surface area contributed by atoms with E-state index >= 15 is 0 Å². The Morgan fingerprint density at radius 3 is 2.35 bits per heavy atom. The predicted molar refractivity (Wildman–Crippen MR) is 86.2 cm³/mol. The lowest BCUT2D eigenvalue weighted by molar-refractivity contribution is -0.145. The van der Waals surface area contributed by atoms with E-state index < -0.39 is 30.0 Å². The van der Waals surface area contributed by atoms with E-state index in [0.717, 1.165) is 6.42 Å². The van der Waals surface area contributed by atoms with Crippen molar-refractivity contribution in [2.75, 3.05) is 5.32 Å². The van der Waals surface area contributed by atoms with Crippen molar-refractivity contribution in [3.8, 4) is 0 Å². The van der Waals surface area contributed by atoms with Gasteiger partial charge in [0.1, 0.15) is 5.92 Å². The fourth-order valence-electron chi connectivity index (χ4n) is 3.27. The average molecular weight is 315 g/mol. The summed E-state index contributed by atoms with van der Waals surface area (Å²) in [6.07, 6.45) is 3.62. The maximum Gasteiger partial charge on any atom is 0.310 e. The Labute approximate surface area is 135 Å². The summed E-state index contributed by atoms with van der Waals surface area (Å²) >= 11 is 0. The van der Waals surface area contributed by atoms with Crippen LogP contribution in [-0.2, 0) is 14.3 Å². The molecule has 0 radical (unpaired) electrons. The summed E-state index contributed by atoms with van der Waals surface area (Å²) in [6.45, 7) is 4.29. The fourth-order valence-corrected chi connectivity index (χ4v) is 3.27. The van der Waals surface area contributed by atoms with Crippen molar-refractivity contribution in [2.45, 2.75) is 38.4 Å². The molecule has 23 heavy (non-hydrogen) atoms. The summed E-state index contributed by atoms with van der Waals surface area (Å²) in [5.41, 5.74) is 1.90. The van der Waals surface area contributed by atoms with Gasteiger partial charge >= 0.3 is 5.97 Å². The Balaban J connectivity index is 1.72. The number of carboxylic acid groups (broad SMARTS) is 1. The van der Waals surface area contributed by atoms with Crippen LogP contribution in [0.1, 0.15) is 31.7 Å². The minimum absolute atomic E-state index is 0.300. The Bertz CT molecular complexity index is 637. The fraction of sp³-hybridized carbons (Fsp3) is 0.444. The molecule has 2 aliphatic rings. The Morgan fingerprint density at radius 1 is 1.17 bits per heavy atom.